The van der Waals surface area contributed by atoms with E-state index in [1.54, 1.807) is 13.8 Å². The molecule has 2 N–H and O–H groups in total. The quantitative estimate of drug-likeness (QED) is 0.906. The lowest BCUT2D eigenvalue weighted by Gasteiger charge is -2.31. The summed E-state index contributed by atoms with van der Waals surface area (Å²) in [4.78, 5) is 16.9. The second-order valence-electron chi connectivity index (χ2n) is 4.46. The lowest BCUT2D eigenvalue weighted by molar-refractivity contribution is -0.145. The number of halogens is 3. The Kier molecular flexibility index (Phi) is 5.35. The molecule has 0 saturated heterocycles. The molecule has 0 atom stereocenters. The van der Waals surface area contributed by atoms with Gasteiger partial charge in [0.25, 0.3) is 5.91 Å². The first-order chi connectivity index (χ1) is 9.30. The average Bonchev–Trinajstić information content (AvgIpc) is 2.37. The summed E-state index contributed by atoms with van der Waals surface area (Å²) in [6.07, 6.45) is -2.25. The third-order valence-corrected chi connectivity index (χ3v) is 3.04. The number of aromatic nitrogens is 1. The van der Waals surface area contributed by atoms with Crippen LogP contribution < -0.4 is 5.73 Å². The minimum atomic E-state index is -4.46. The molecular formula is C13H18F3N3O. The third kappa shape index (κ3) is 4.11. The second-order valence-corrected chi connectivity index (χ2v) is 4.46. The molecule has 1 amide bonds. The molecular weight excluding hydrogens is 271 g/mol. The summed E-state index contributed by atoms with van der Waals surface area (Å²) in [7, 11) is 0. The van der Waals surface area contributed by atoms with E-state index < -0.39 is 24.7 Å². The number of carbonyl (C=O) groups is 1. The molecule has 4 nitrogen and oxygen atoms in total. The van der Waals surface area contributed by atoms with Gasteiger partial charge in [0.05, 0.1) is 5.69 Å². The number of anilines is 1. The van der Waals surface area contributed by atoms with E-state index in [-0.39, 0.29) is 11.4 Å². The summed E-state index contributed by atoms with van der Waals surface area (Å²) in [5, 5.41) is 0. The van der Waals surface area contributed by atoms with Gasteiger partial charge in [0.15, 0.2) is 5.69 Å². The van der Waals surface area contributed by atoms with Gasteiger partial charge in [0.1, 0.15) is 6.54 Å². The number of nitrogen functional groups attached to an aromatic ring is 1. The van der Waals surface area contributed by atoms with Crippen LogP contribution in [-0.2, 0) is 0 Å². The summed E-state index contributed by atoms with van der Waals surface area (Å²) in [5.74, 6) is -0.783. The van der Waals surface area contributed by atoms with Crippen molar-refractivity contribution in [2.24, 2.45) is 0 Å². The number of rotatable bonds is 5. The Morgan fingerprint density at radius 1 is 1.40 bits per heavy atom. The van der Waals surface area contributed by atoms with Gasteiger partial charge in [0, 0.05) is 12.2 Å². The second kappa shape index (κ2) is 6.58. The van der Waals surface area contributed by atoms with Crippen molar-refractivity contribution in [3.05, 3.63) is 24.0 Å². The molecule has 0 aliphatic heterocycles. The zero-order chi connectivity index (χ0) is 15.3. The topological polar surface area (TPSA) is 59.2 Å². The van der Waals surface area contributed by atoms with E-state index in [0.29, 0.717) is 12.8 Å². The fraction of sp³-hybridized carbons (Fsp3) is 0.538. The number of carbonyl (C=O) groups excluding carboxylic acids is 1. The third-order valence-electron chi connectivity index (χ3n) is 3.04. The van der Waals surface area contributed by atoms with Crippen molar-refractivity contribution >= 4 is 11.6 Å². The van der Waals surface area contributed by atoms with Gasteiger partial charge in [-0.15, -0.1) is 0 Å². The van der Waals surface area contributed by atoms with Crippen LogP contribution in [0.25, 0.3) is 0 Å². The minimum Gasteiger partial charge on any atom is -0.397 e. The zero-order valence-electron chi connectivity index (χ0n) is 11.4. The first kappa shape index (κ1) is 16.3. The predicted octanol–water partition coefficient (Wildman–Crippen LogP) is 2.86. The highest BCUT2D eigenvalue weighted by molar-refractivity contribution is 5.97. The number of alkyl halides is 3. The van der Waals surface area contributed by atoms with Gasteiger partial charge < -0.3 is 10.6 Å². The number of pyridine rings is 1. The molecule has 112 valence electrons. The summed E-state index contributed by atoms with van der Waals surface area (Å²) in [6, 6.07) is 2.47. The molecule has 0 aromatic carbocycles. The number of nitrogens with two attached hydrogens (primary N) is 1. The predicted molar refractivity (Wildman–Crippen MR) is 70.1 cm³/mol. The van der Waals surface area contributed by atoms with E-state index in [2.05, 4.69) is 4.98 Å². The highest BCUT2D eigenvalue weighted by Crippen LogP contribution is 2.23. The Morgan fingerprint density at radius 3 is 2.45 bits per heavy atom. The molecule has 1 aromatic rings. The summed E-state index contributed by atoms with van der Waals surface area (Å²) < 4.78 is 38.0. The highest BCUT2D eigenvalue weighted by atomic mass is 19.4. The van der Waals surface area contributed by atoms with Crippen molar-refractivity contribution in [3.63, 3.8) is 0 Å². The van der Waals surface area contributed by atoms with Gasteiger partial charge in [-0.2, -0.15) is 13.2 Å². The van der Waals surface area contributed by atoms with Gasteiger partial charge in [-0.05, 0) is 25.0 Å². The van der Waals surface area contributed by atoms with Crippen LogP contribution in [0.1, 0.15) is 37.2 Å². The molecule has 7 heteroatoms. The molecule has 20 heavy (non-hydrogen) atoms. The smallest absolute Gasteiger partial charge is 0.397 e. The first-order valence-corrected chi connectivity index (χ1v) is 6.38. The molecule has 0 aliphatic carbocycles. The van der Waals surface area contributed by atoms with Crippen molar-refractivity contribution < 1.29 is 18.0 Å². The lowest BCUT2D eigenvalue weighted by atomic mass is 10.1. The lowest BCUT2D eigenvalue weighted by Crippen LogP contribution is -2.45. The van der Waals surface area contributed by atoms with Gasteiger partial charge in [-0.1, -0.05) is 13.8 Å². The van der Waals surface area contributed by atoms with Crippen molar-refractivity contribution in [2.75, 3.05) is 12.3 Å². The number of amides is 1. The SMILES string of the molecule is CCC(CC)N(CC(F)(F)F)C(=O)c1ncccc1N. The van der Waals surface area contributed by atoms with E-state index in [9.17, 15) is 18.0 Å². The standard InChI is InChI=1S/C13H18F3N3O/c1-3-9(4-2)19(8-13(14,15)16)12(20)11-10(17)6-5-7-18-11/h5-7,9H,3-4,8,17H2,1-2H3. The van der Waals surface area contributed by atoms with Gasteiger partial charge in [-0.25, -0.2) is 4.98 Å². The molecule has 0 spiro atoms. The van der Waals surface area contributed by atoms with E-state index in [0.717, 1.165) is 4.90 Å². The molecule has 1 heterocycles. The van der Waals surface area contributed by atoms with Crippen molar-refractivity contribution in [3.8, 4) is 0 Å². The van der Waals surface area contributed by atoms with Crippen LogP contribution in [0.2, 0.25) is 0 Å². The van der Waals surface area contributed by atoms with Crippen LogP contribution in [0.5, 0.6) is 0 Å². The molecule has 0 unspecified atom stereocenters. The average molecular weight is 289 g/mol. The minimum absolute atomic E-state index is 0.0793. The molecule has 0 bridgehead atoms. The Morgan fingerprint density at radius 2 is 2.00 bits per heavy atom. The van der Waals surface area contributed by atoms with Crippen LogP contribution >= 0.6 is 0 Å². The summed E-state index contributed by atoms with van der Waals surface area (Å²) in [5.41, 5.74) is 5.56. The van der Waals surface area contributed by atoms with Gasteiger partial charge in [-0.3, -0.25) is 4.79 Å². The molecule has 1 aromatic heterocycles. The Bertz CT molecular complexity index is 458. The van der Waals surface area contributed by atoms with Crippen LogP contribution in [0, 0.1) is 0 Å². The van der Waals surface area contributed by atoms with Crippen LogP contribution in [0.15, 0.2) is 18.3 Å². The normalized spacial score (nSPS) is 11.7. The van der Waals surface area contributed by atoms with Crippen LogP contribution in [-0.4, -0.2) is 34.6 Å². The zero-order valence-corrected chi connectivity index (χ0v) is 11.4. The Hall–Kier alpha value is -1.79. The number of hydrogen-bond acceptors (Lipinski definition) is 3. The highest BCUT2D eigenvalue weighted by Gasteiger charge is 2.36. The Balaban J connectivity index is 3.10. The summed E-state index contributed by atoms with van der Waals surface area (Å²) in [6.45, 7) is 2.19. The largest absolute Gasteiger partial charge is 0.406 e. The van der Waals surface area contributed by atoms with Gasteiger partial charge in [0.2, 0.25) is 0 Å². The maximum absolute atomic E-state index is 12.7. The van der Waals surface area contributed by atoms with Crippen molar-refractivity contribution in [1.29, 1.82) is 0 Å². The number of hydrogen-bond donors (Lipinski definition) is 1. The fourth-order valence-electron chi connectivity index (χ4n) is 2.02. The monoisotopic (exact) mass is 289 g/mol. The number of nitrogens with zero attached hydrogens (tertiary/aromatic N) is 2. The van der Waals surface area contributed by atoms with Crippen molar-refractivity contribution in [1.82, 2.24) is 9.88 Å². The van der Waals surface area contributed by atoms with Crippen molar-refractivity contribution in [2.45, 2.75) is 38.9 Å². The van der Waals surface area contributed by atoms with Gasteiger partial charge >= 0.3 is 6.18 Å². The molecule has 0 fully saturated rings. The fourth-order valence-corrected chi connectivity index (χ4v) is 2.02. The van der Waals surface area contributed by atoms with Crippen LogP contribution in [0.3, 0.4) is 0 Å². The maximum Gasteiger partial charge on any atom is 0.406 e. The molecule has 0 saturated carbocycles. The molecule has 0 aliphatic rings. The van der Waals surface area contributed by atoms with E-state index in [1.165, 1.54) is 18.3 Å². The maximum atomic E-state index is 12.7. The first-order valence-electron chi connectivity index (χ1n) is 6.38. The molecule has 0 radical (unpaired) electrons. The Labute approximate surface area is 115 Å². The van der Waals surface area contributed by atoms with E-state index in [4.69, 9.17) is 5.73 Å². The summed E-state index contributed by atoms with van der Waals surface area (Å²) >= 11 is 0. The van der Waals surface area contributed by atoms with E-state index >= 15 is 0 Å². The van der Waals surface area contributed by atoms with E-state index in [1.807, 2.05) is 0 Å². The van der Waals surface area contributed by atoms with Crippen LogP contribution in [0.4, 0.5) is 18.9 Å². The molecule has 1 rings (SSSR count).